The van der Waals surface area contributed by atoms with Gasteiger partial charge in [-0.3, -0.25) is 0 Å². The largest absolute Gasteiger partial charge is 0.619 e. The maximum Gasteiger partial charge on any atom is 0.192 e. The van der Waals surface area contributed by atoms with Crippen molar-refractivity contribution in [3.63, 3.8) is 0 Å². The van der Waals surface area contributed by atoms with Gasteiger partial charge in [0.15, 0.2) is 11.9 Å². The molecule has 0 atom stereocenters. The first-order valence-electron chi connectivity index (χ1n) is 7.51. The summed E-state index contributed by atoms with van der Waals surface area (Å²) < 4.78 is 0.991. The van der Waals surface area contributed by atoms with Crippen LogP contribution in [0.15, 0.2) is 24.4 Å². The fourth-order valence-corrected chi connectivity index (χ4v) is 2.27. The molecule has 0 aliphatic carbocycles. The van der Waals surface area contributed by atoms with Crippen molar-refractivity contribution in [1.29, 1.82) is 0 Å². The molecule has 1 aromatic rings. The molecule has 2 heteroatoms. The van der Waals surface area contributed by atoms with Crippen molar-refractivity contribution in [2.24, 2.45) is 0 Å². The molecule has 0 spiro atoms. The summed E-state index contributed by atoms with van der Waals surface area (Å²) in [6, 6.07) is 5.65. The summed E-state index contributed by atoms with van der Waals surface area (Å²) >= 11 is 0. The molecule has 1 rings (SSSR count). The molecule has 0 aromatic carbocycles. The summed E-state index contributed by atoms with van der Waals surface area (Å²) in [5, 5.41) is 11.4. The van der Waals surface area contributed by atoms with Gasteiger partial charge in [-0.05, 0) is 6.42 Å². The van der Waals surface area contributed by atoms with Gasteiger partial charge in [0.1, 0.15) is 0 Å². The molecule has 0 fully saturated rings. The van der Waals surface area contributed by atoms with Gasteiger partial charge in [0.25, 0.3) is 0 Å². The third-order valence-corrected chi connectivity index (χ3v) is 3.44. The van der Waals surface area contributed by atoms with Crippen LogP contribution in [0.1, 0.15) is 70.4 Å². The SMILES string of the molecule is CCCCCCCCCCCc1cccc[n+]1[O-]. The predicted octanol–water partition coefficient (Wildman–Crippen LogP) is 4.39. The normalized spacial score (nSPS) is 10.7. The van der Waals surface area contributed by atoms with Crippen LogP contribution in [0, 0.1) is 5.21 Å². The Kier molecular flexibility index (Phi) is 8.28. The summed E-state index contributed by atoms with van der Waals surface area (Å²) in [5.41, 5.74) is 0.903. The zero-order valence-corrected chi connectivity index (χ0v) is 11.7. The molecule has 1 aromatic heterocycles. The second kappa shape index (κ2) is 9.93. The quantitative estimate of drug-likeness (QED) is 0.343. The molecule has 0 aliphatic heterocycles. The van der Waals surface area contributed by atoms with Crippen molar-refractivity contribution < 1.29 is 4.73 Å². The summed E-state index contributed by atoms with van der Waals surface area (Å²) in [4.78, 5) is 0. The molecule has 0 unspecified atom stereocenters. The standard InChI is InChI=1S/C16H27NO/c1-2-3-4-5-6-7-8-9-10-13-16-14-11-12-15-17(16)18/h11-12,14-15H,2-10,13H2,1H3. The Morgan fingerprint density at radius 3 is 2.11 bits per heavy atom. The van der Waals surface area contributed by atoms with E-state index >= 15 is 0 Å². The second-order valence-electron chi connectivity index (χ2n) is 5.10. The van der Waals surface area contributed by atoms with Crippen LogP contribution >= 0.6 is 0 Å². The Morgan fingerprint density at radius 1 is 0.889 bits per heavy atom. The number of nitrogens with zero attached hydrogens (tertiary/aromatic N) is 1. The Bertz CT molecular complexity index is 312. The minimum Gasteiger partial charge on any atom is -0.619 e. The highest BCUT2D eigenvalue weighted by Gasteiger charge is 2.02. The zero-order chi connectivity index (χ0) is 13.1. The number of hydrogen-bond acceptors (Lipinski definition) is 1. The fourth-order valence-electron chi connectivity index (χ4n) is 2.27. The number of unbranched alkanes of at least 4 members (excludes halogenated alkanes) is 8. The van der Waals surface area contributed by atoms with Crippen LogP contribution in [0.2, 0.25) is 0 Å². The Hall–Kier alpha value is -1.05. The first-order chi connectivity index (χ1) is 8.84. The summed E-state index contributed by atoms with van der Waals surface area (Å²) in [5.74, 6) is 0. The molecule has 0 saturated heterocycles. The van der Waals surface area contributed by atoms with Crippen molar-refractivity contribution in [3.8, 4) is 0 Å². The lowest BCUT2D eigenvalue weighted by molar-refractivity contribution is -0.614. The number of pyridine rings is 1. The van der Waals surface area contributed by atoms with Gasteiger partial charge in [-0.15, -0.1) is 0 Å². The van der Waals surface area contributed by atoms with Crippen LogP contribution < -0.4 is 4.73 Å². The van der Waals surface area contributed by atoms with Gasteiger partial charge in [-0.25, -0.2) is 0 Å². The third kappa shape index (κ3) is 6.63. The average molecular weight is 249 g/mol. The maximum absolute atomic E-state index is 11.4. The fraction of sp³-hybridized carbons (Fsp3) is 0.688. The van der Waals surface area contributed by atoms with E-state index in [0.717, 1.165) is 23.3 Å². The number of rotatable bonds is 10. The molecular formula is C16H27NO. The minimum atomic E-state index is 0.903. The van der Waals surface area contributed by atoms with E-state index in [2.05, 4.69) is 6.92 Å². The van der Waals surface area contributed by atoms with Gasteiger partial charge >= 0.3 is 0 Å². The van der Waals surface area contributed by atoms with Crippen molar-refractivity contribution >= 4 is 0 Å². The van der Waals surface area contributed by atoms with Crippen LogP contribution in [0.25, 0.3) is 0 Å². The Morgan fingerprint density at radius 2 is 1.50 bits per heavy atom. The van der Waals surface area contributed by atoms with Crippen LogP contribution in [-0.4, -0.2) is 0 Å². The third-order valence-electron chi connectivity index (χ3n) is 3.44. The maximum atomic E-state index is 11.4. The van der Waals surface area contributed by atoms with Gasteiger partial charge in [0.05, 0.1) is 0 Å². The molecule has 0 N–H and O–H groups in total. The molecule has 0 amide bonds. The summed E-state index contributed by atoms with van der Waals surface area (Å²) in [7, 11) is 0. The summed E-state index contributed by atoms with van der Waals surface area (Å²) in [6.07, 6.45) is 14.5. The average Bonchev–Trinajstić information content (AvgIpc) is 2.39. The van der Waals surface area contributed by atoms with E-state index in [0.29, 0.717) is 0 Å². The Labute approximate surface area is 112 Å². The van der Waals surface area contributed by atoms with E-state index in [-0.39, 0.29) is 0 Å². The monoisotopic (exact) mass is 249 g/mol. The van der Waals surface area contributed by atoms with E-state index in [9.17, 15) is 5.21 Å². The topological polar surface area (TPSA) is 26.9 Å². The van der Waals surface area contributed by atoms with E-state index in [1.165, 1.54) is 51.4 Å². The van der Waals surface area contributed by atoms with Crippen molar-refractivity contribution in [3.05, 3.63) is 35.3 Å². The Balaban J connectivity index is 1.94. The molecule has 18 heavy (non-hydrogen) atoms. The summed E-state index contributed by atoms with van der Waals surface area (Å²) in [6.45, 7) is 2.26. The van der Waals surface area contributed by atoms with Crippen LogP contribution in [0.5, 0.6) is 0 Å². The first-order valence-corrected chi connectivity index (χ1v) is 7.51. The molecule has 0 aliphatic rings. The van der Waals surface area contributed by atoms with Gasteiger partial charge in [-0.1, -0.05) is 64.4 Å². The van der Waals surface area contributed by atoms with Gasteiger partial charge in [-0.2, -0.15) is 4.73 Å². The van der Waals surface area contributed by atoms with Crippen molar-refractivity contribution in [1.82, 2.24) is 0 Å². The zero-order valence-electron chi connectivity index (χ0n) is 11.7. The highest BCUT2D eigenvalue weighted by atomic mass is 16.5. The van der Waals surface area contributed by atoms with E-state index in [1.54, 1.807) is 12.3 Å². The molecule has 0 bridgehead atoms. The molecule has 0 saturated carbocycles. The number of hydrogen-bond donors (Lipinski definition) is 0. The first kappa shape index (κ1) is 15.0. The van der Waals surface area contributed by atoms with Crippen molar-refractivity contribution in [2.45, 2.75) is 71.1 Å². The minimum absolute atomic E-state index is 0.903. The molecular weight excluding hydrogens is 222 g/mol. The second-order valence-corrected chi connectivity index (χ2v) is 5.10. The van der Waals surface area contributed by atoms with Crippen LogP contribution in [0.3, 0.4) is 0 Å². The predicted molar refractivity (Wildman–Crippen MR) is 76.3 cm³/mol. The van der Waals surface area contributed by atoms with Gasteiger partial charge in [0.2, 0.25) is 0 Å². The number of aryl methyl sites for hydroxylation is 1. The molecule has 0 radical (unpaired) electrons. The lowest BCUT2D eigenvalue weighted by atomic mass is 10.1. The number of aromatic nitrogens is 1. The van der Waals surface area contributed by atoms with Crippen molar-refractivity contribution in [2.75, 3.05) is 0 Å². The highest BCUT2D eigenvalue weighted by molar-refractivity contribution is 4.97. The highest BCUT2D eigenvalue weighted by Crippen LogP contribution is 2.10. The lowest BCUT2D eigenvalue weighted by Crippen LogP contribution is -2.30. The van der Waals surface area contributed by atoms with Crippen LogP contribution in [0.4, 0.5) is 0 Å². The van der Waals surface area contributed by atoms with E-state index in [1.807, 2.05) is 12.1 Å². The smallest absolute Gasteiger partial charge is 0.192 e. The van der Waals surface area contributed by atoms with Gasteiger partial charge < -0.3 is 5.21 Å². The lowest BCUT2D eigenvalue weighted by Gasteiger charge is -2.04. The van der Waals surface area contributed by atoms with Crippen LogP contribution in [-0.2, 0) is 6.42 Å². The molecule has 2 nitrogen and oxygen atoms in total. The molecule has 102 valence electrons. The van der Waals surface area contributed by atoms with Gasteiger partial charge in [0, 0.05) is 18.6 Å². The van der Waals surface area contributed by atoms with E-state index in [4.69, 9.17) is 0 Å². The van der Waals surface area contributed by atoms with E-state index < -0.39 is 0 Å². The molecule has 1 heterocycles.